The van der Waals surface area contributed by atoms with Crippen LogP contribution in [0.4, 0.5) is 19.0 Å². The van der Waals surface area contributed by atoms with E-state index >= 15 is 0 Å². The third kappa shape index (κ3) is 4.37. The van der Waals surface area contributed by atoms with E-state index in [1.807, 2.05) is 19.9 Å². The normalized spacial score (nSPS) is 11.5. The molecule has 156 valence electrons. The average molecular weight is 422 g/mol. The molecular weight excluding hydrogens is 405 g/mol. The number of benzene rings is 1. The smallest absolute Gasteiger partial charge is 0.305 e. The van der Waals surface area contributed by atoms with Crippen molar-refractivity contribution in [1.29, 1.82) is 0 Å². The van der Waals surface area contributed by atoms with E-state index in [1.165, 1.54) is 18.3 Å². The monoisotopic (exact) mass is 422 g/mol. The third-order valence-electron chi connectivity index (χ3n) is 4.67. The van der Waals surface area contributed by atoms with Gasteiger partial charge in [0.15, 0.2) is 0 Å². The summed E-state index contributed by atoms with van der Waals surface area (Å²) < 4.78 is 39.4. The van der Waals surface area contributed by atoms with Gasteiger partial charge < -0.3 is 5.32 Å². The minimum absolute atomic E-state index is 0.118. The van der Waals surface area contributed by atoms with E-state index in [9.17, 15) is 18.0 Å². The molecule has 31 heavy (non-hydrogen) atoms. The van der Waals surface area contributed by atoms with Crippen molar-refractivity contribution in [1.82, 2.24) is 15.0 Å². The van der Waals surface area contributed by atoms with Crippen molar-refractivity contribution in [2.75, 3.05) is 5.32 Å². The van der Waals surface area contributed by atoms with Gasteiger partial charge in [0.2, 0.25) is 0 Å². The Bertz CT molecular complexity index is 1280. The highest BCUT2D eigenvalue weighted by atomic mass is 19.4. The number of alkyl halides is 3. The van der Waals surface area contributed by atoms with Crippen LogP contribution in [0.2, 0.25) is 0 Å². The van der Waals surface area contributed by atoms with Crippen LogP contribution >= 0.6 is 0 Å². The number of fused-ring (bicyclic) bond motifs is 1. The molecule has 0 saturated carbocycles. The van der Waals surface area contributed by atoms with Gasteiger partial charge in [-0.25, -0.2) is 9.97 Å². The molecule has 0 aliphatic carbocycles. The summed E-state index contributed by atoms with van der Waals surface area (Å²) in [5.74, 6) is -0.0663. The Morgan fingerprint density at radius 3 is 2.52 bits per heavy atom. The lowest BCUT2D eigenvalue weighted by atomic mass is 10.0. The highest BCUT2D eigenvalue weighted by Gasteiger charge is 2.30. The lowest BCUT2D eigenvalue weighted by Crippen LogP contribution is -2.15. The van der Waals surface area contributed by atoms with Crippen LogP contribution in [0.15, 0.2) is 60.9 Å². The summed E-state index contributed by atoms with van der Waals surface area (Å²) in [6, 6.07) is 11.8. The fourth-order valence-electron chi connectivity index (χ4n) is 3.33. The quantitative estimate of drug-likeness (QED) is 0.468. The Kier molecular flexibility index (Phi) is 5.14. The number of amides is 1. The summed E-state index contributed by atoms with van der Waals surface area (Å²) in [6.45, 7) is 3.72. The molecule has 8 heteroatoms. The maximum absolute atomic E-state index is 13.1. The molecule has 1 amide bonds. The topological polar surface area (TPSA) is 67.8 Å². The predicted octanol–water partition coefficient (Wildman–Crippen LogP) is 5.58. The zero-order chi connectivity index (χ0) is 22.2. The number of carbonyl (C=O) groups excluding carboxylic acids is 1. The fourth-order valence-corrected chi connectivity index (χ4v) is 3.33. The number of hydrogen-bond donors (Lipinski definition) is 1. The molecule has 0 saturated heterocycles. The van der Waals surface area contributed by atoms with Gasteiger partial charge in [-0.15, -0.1) is 0 Å². The zero-order valence-electron chi connectivity index (χ0n) is 16.7. The molecule has 4 rings (SSSR count). The number of aromatic nitrogens is 3. The lowest BCUT2D eigenvalue weighted by molar-refractivity contribution is -0.137. The molecule has 0 bridgehead atoms. The molecule has 3 heterocycles. The fraction of sp³-hybridized carbons (Fsp3) is 0.130. The number of halogens is 3. The highest BCUT2D eigenvalue weighted by Crippen LogP contribution is 2.33. The minimum Gasteiger partial charge on any atom is -0.305 e. The molecule has 1 N–H and O–H groups in total. The summed E-state index contributed by atoms with van der Waals surface area (Å²) in [7, 11) is 0. The molecule has 0 radical (unpaired) electrons. The van der Waals surface area contributed by atoms with E-state index in [4.69, 9.17) is 0 Å². The van der Waals surface area contributed by atoms with Gasteiger partial charge in [-0.2, -0.15) is 13.2 Å². The number of nitrogens with zero attached hydrogens (tertiary/aromatic N) is 3. The van der Waals surface area contributed by atoms with Gasteiger partial charge >= 0.3 is 6.18 Å². The number of pyridine rings is 3. The standard InChI is InChI=1S/C23H17F3N4O/c1-13-8-14(2)28-20(9-13)30-22(31)19-7-6-16-11-27-12-18(21(16)29-19)15-4-3-5-17(10-15)23(24,25)26/h3-12H,1-2H3,(H,28,30,31). The van der Waals surface area contributed by atoms with Crippen LogP contribution in [-0.4, -0.2) is 20.9 Å². The third-order valence-corrected chi connectivity index (χ3v) is 4.67. The van der Waals surface area contributed by atoms with Crippen molar-refractivity contribution in [3.05, 3.63) is 83.4 Å². The van der Waals surface area contributed by atoms with Gasteiger partial charge in [-0.05, 0) is 61.4 Å². The molecule has 0 spiro atoms. The molecule has 3 aromatic heterocycles. The Hall–Kier alpha value is -3.81. The number of hydrogen-bond acceptors (Lipinski definition) is 4. The number of anilines is 1. The second-order valence-electron chi connectivity index (χ2n) is 7.16. The number of rotatable bonds is 3. The summed E-state index contributed by atoms with van der Waals surface area (Å²) in [6.07, 6.45) is -1.48. The Labute approximate surface area is 176 Å². The Morgan fingerprint density at radius 2 is 1.77 bits per heavy atom. The molecule has 0 unspecified atom stereocenters. The molecule has 0 aliphatic rings. The predicted molar refractivity (Wildman–Crippen MR) is 112 cm³/mol. The van der Waals surface area contributed by atoms with Crippen molar-refractivity contribution in [3.8, 4) is 11.1 Å². The van der Waals surface area contributed by atoms with Crippen LogP contribution in [0, 0.1) is 13.8 Å². The lowest BCUT2D eigenvalue weighted by Gasteiger charge is -2.11. The van der Waals surface area contributed by atoms with E-state index in [-0.39, 0.29) is 5.69 Å². The van der Waals surface area contributed by atoms with Crippen LogP contribution in [0.3, 0.4) is 0 Å². The van der Waals surface area contributed by atoms with Gasteiger partial charge in [-0.3, -0.25) is 9.78 Å². The van der Waals surface area contributed by atoms with Crippen molar-refractivity contribution in [2.45, 2.75) is 20.0 Å². The SMILES string of the molecule is Cc1cc(C)nc(NC(=O)c2ccc3cncc(-c4cccc(C(F)(F)F)c4)c3n2)c1. The maximum atomic E-state index is 13.1. The van der Waals surface area contributed by atoms with Gasteiger partial charge in [0.05, 0.1) is 11.1 Å². The Morgan fingerprint density at radius 1 is 0.968 bits per heavy atom. The van der Waals surface area contributed by atoms with Crippen molar-refractivity contribution in [3.63, 3.8) is 0 Å². The first kappa shape index (κ1) is 20.5. The van der Waals surface area contributed by atoms with Crippen molar-refractivity contribution < 1.29 is 18.0 Å². The molecule has 0 atom stereocenters. The number of carbonyl (C=O) groups is 1. The van der Waals surface area contributed by atoms with Gasteiger partial charge in [0.1, 0.15) is 11.5 Å². The number of aryl methyl sites for hydroxylation is 2. The van der Waals surface area contributed by atoms with Crippen LogP contribution in [-0.2, 0) is 6.18 Å². The largest absolute Gasteiger partial charge is 0.416 e. The summed E-state index contributed by atoms with van der Waals surface area (Å²) in [4.78, 5) is 25.6. The molecular formula is C23H17F3N4O. The Balaban J connectivity index is 1.75. The second-order valence-corrected chi connectivity index (χ2v) is 7.16. The summed E-state index contributed by atoms with van der Waals surface area (Å²) in [5, 5.41) is 3.32. The van der Waals surface area contributed by atoms with Crippen LogP contribution in [0.5, 0.6) is 0 Å². The van der Waals surface area contributed by atoms with Gasteiger partial charge in [0.25, 0.3) is 5.91 Å². The first-order chi connectivity index (χ1) is 14.7. The van der Waals surface area contributed by atoms with Gasteiger partial charge in [0, 0.05) is 29.0 Å². The second kappa shape index (κ2) is 7.79. The van der Waals surface area contributed by atoms with E-state index in [0.717, 1.165) is 23.4 Å². The summed E-state index contributed by atoms with van der Waals surface area (Å²) >= 11 is 0. The average Bonchev–Trinajstić information content (AvgIpc) is 2.71. The molecule has 5 nitrogen and oxygen atoms in total. The first-order valence-electron chi connectivity index (χ1n) is 9.40. The molecule has 1 aromatic carbocycles. The van der Waals surface area contributed by atoms with E-state index < -0.39 is 17.6 Å². The van der Waals surface area contributed by atoms with Crippen LogP contribution in [0.1, 0.15) is 27.3 Å². The van der Waals surface area contributed by atoms with E-state index in [1.54, 1.807) is 24.4 Å². The van der Waals surface area contributed by atoms with Crippen LogP contribution < -0.4 is 5.32 Å². The summed E-state index contributed by atoms with van der Waals surface area (Å²) in [5.41, 5.74) is 2.17. The van der Waals surface area contributed by atoms with E-state index in [2.05, 4.69) is 20.3 Å². The van der Waals surface area contributed by atoms with E-state index in [0.29, 0.717) is 27.8 Å². The maximum Gasteiger partial charge on any atom is 0.416 e. The molecule has 4 aromatic rings. The van der Waals surface area contributed by atoms with Gasteiger partial charge in [-0.1, -0.05) is 12.1 Å². The number of nitrogens with one attached hydrogen (secondary N) is 1. The van der Waals surface area contributed by atoms with Crippen molar-refractivity contribution in [2.24, 2.45) is 0 Å². The highest BCUT2D eigenvalue weighted by molar-refractivity contribution is 6.04. The van der Waals surface area contributed by atoms with Crippen LogP contribution in [0.25, 0.3) is 22.0 Å². The minimum atomic E-state index is -4.47. The molecule has 0 fully saturated rings. The zero-order valence-corrected chi connectivity index (χ0v) is 16.7. The first-order valence-corrected chi connectivity index (χ1v) is 9.40. The van der Waals surface area contributed by atoms with Crippen molar-refractivity contribution >= 4 is 22.6 Å². The molecule has 0 aliphatic heterocycles.